The molecule has 18 heavy (non-hydrogen) atoms. The number of aliphatic hydroxyl groups is 1. The highest BCUT2D eigenvalue weighted by atomic mass is 35.5. The molecule has 1 fully saturated rings. The first-order valence-electron chi connectivity index (χ1n) is 6.14. The predicted molar refractivity (Wildman–Crippen MR) is 73.6 cm³/mol. The number of unbranched alkanes of at least 4 members (excludes halogenated alkanes) is 1. The summed E-state index contributed by atoms with van der Waals surface area (Å²) in [6, 6.07) is 5.33. The average Bonchev–Trinajstić information content (AvgIpc) is 2.30. The molecular formula is C13H17Cl2NO2. The van der Waals surface area contributed by atoms with Gasteiger partial charge in [0.15, 0.2) is 0 Å². The maximum absolute atomic E-state index is 8.70. The fourth-order valence-corrected chi connectivity index (χ4v) is 2.26. The van der Waals surface area contributed by atoms with Crippen molar-refractivity contribution in [1.82, 2.24) is 4.90 Å². The number of halogens is 2. The van der Waals surface area contributed by atoms with Crippen LogP contribution in [0.5, 0.6) is 5.75 Å². The Morgan fingerprint density at radius 3 is 2.67 bits per heavy atom. The predicted octanol–water partition coefficient (Wildman–Crippen LogP) is 2.83. The Bertz CT molecular complexity index is 395. The van der Waals surface area contributed by atoms with Crippen LogP contribution in [0.15, 0.2) is 18.2 Å². The molecule has 1 aliphatic rings. The lowest BCUT2D eigenvalue weighted by Gasteiger charge is -2.39. The Morgan fingerprint density at radius 1 is 1.22 bits per heavy atom. The fourth-order valence-electron chi connectivity index (χ4n) is 1.97. The van der Waals surface area contributed by atoms with Gasteiger partial charge in [0.2, 0.25) is 0 Å². The molecule has 3 nitrogen and oxygen atoms in total. The van der Waals surface area contributed by atoms with Crippen LogP contribution in [0.2, 0.25) is 10.0 Å². The first-order valence-corrected chi connectivity index (χ1v) is 6.89. The van der Waals surface area contributed by atoms with Gasteiger partial charge in [0.05, 0.1) is 10.0 Å². The summed E-state index contributed by atoms with van der Waals surface area (Å²) in [4.78, 5) is 2.32. The zero-order chi connectivity index (χ0) is 13.0. The van der Waals surface area contributed by atoms with Crippen molar-refractivity contribution in [2.24, 2.45) is 0 Å². The van der Waals surface area contributed by atoms with E-state index in [0.29, 0.717) is 10.0 Å². The molecule has 100 valence electrons. The van der Waals surface area contributed by atoms with Gasteiger partial charge in [0, 0.05) is 25.8 Å². The van der Waals surface area contributed by atoms with Crippen LogP contribution < -0.4 is 4.74 Å². The van der Waals surface area contributed by atoms with Crippen LogP contribution in [0.25, 0.3) is 0 Å². The third-order valence-corrected chi connectivity index (χ3v) is 3.74. The van der Waals surface area contributed by atoms with Crippen molar-refractivity contribution in [1.29, 1.82) is 0 Å². The van der Waals surface area contributed by atoms with Crippen LogP contribution in [0.3, 0.4) is 0 Å². The normalized spacial score (nSPS) is 16.6. The van der Waals surface area contributed by atoms with Gasteiger partial charge >= 0.3 is 0 Å². The molecule has 0 atom stereocenters. The molecule has 0 aromatic heterocycles. The maximum Gasteiger partial charge on any atom is 0.124 e. The summed E-state index contributed by atoms with van der Waals surface area (Å²) in [5.41, 5.74) is 0. The molecule has 1 N–H and O–H groups in total. The van der Waals surface area contributed by atoms with Gasteiger partial charge in [0.25, 0.3) is 0 Å². The number of aliphatic hydroxyl groups excluding tert-OH is 1. The van der Waals surface area contributed by atoms with Gasteiger partial charge < -0.3 is 9.84 Å². The van der Waals surface area contributed by atoms with E-state index in [1.54, 1.807) is 12.1 Å². The van der Waals surface area contributed by atoms with E-state index in [0.717, 1.165) is 38.2 Å². The lowest BCUT2D eigenvalue weighted by Crippen LogP contribution is -2.53. The molecule has 1 saturated heterocycles. The monoisotopic (exact) mass is 289 g/mol. The van der Waals surface area contributed by atoms with Crippen molar-refractivity contribution in [3.63, 3.8) is 0 Å². The van der Waals surface area contributed by atoms with Crippen LogP contribution >= 0.6 is 23.2 Å². The summed E-state index contributed by atoms with van der Waals surface area (Å²) in [6.07, 6.45) is 2.14. The standard InChI is InChI=1S/C13H17Cl2NO2/c14-12-4-3-10(7-13(12)15)18-11-8-16(9-11)5-1-2-6-17/h3-4,7,11,17H,1-2,5-6,8-9H2. The lowest BCUT2D eigenvalue weighted by atomic mass is 10.1. The summed E-state index contributed by atoms with van der Waals surface area (Å²) in [7, 11) is 0. The van der Waals surface area contributed by atoms with Crippen molar-refractivity contribution in [3.8, 4) is 5.75 Å². The largest absolute Gasteiger partial charge is 0.488 e. The highest BCUT2D eigenvalue weighted by Crippen LogP contribution is 2.27. The van der Waals surface area contributed by atoms with E-state index in [2.05, 4.69) is 4.90 Å². The second-order valence-corrected chi connectivity index (χ2v) is 5.32. The molecule has 0 spiro atoms. The minimum absolute atomic E-state index is 0.233. The quantitative estimate of drug-likeness (QED) is 0.818. The maximum atomic E-state index is 8.70. The lowest BCUT2D eigenvalue weighted by molar-refractivity contribution is 0.0185. The highest BCUT2D eigenvalue weighted by molar-refractivity contribution is 6.42. The van der Waals surface area contributed by atoms with Crippen molar-refractivity contribution >= 4 is 23.2 Å². The van der Waals surface area contributed by atoms with Gasteiger partial charge in [0.1, 0.15) is 11.9 Å². The van der Waals surface area contributed by atoms with Gasteiger partial charge in [-0.1, -0.05) is 23.2 Å². The van der Waals surface area contributed by atoms with E-state index in [1.807, 2.05) is 6.07 Å². The van der Waals surface area contributed by atoms with E-state index in [9.17, 15) is 0 Å². The summed E-state index contributed by atoms with van der Waals surface area (Å²) in [6.45, 7) is 3.18. The number of benzene rings is 1. The van der Waals surface area contributed by atoms with Crippen molar-refractivity contribution < 1.29 is 9.84 Å². The molecule has 1 aromatic rings. The average molecular weight is 290 g/mol. The van der Waals surface area contributed by atoms with Crippen LogP contribution in [0.4, 0.5) is 0 Å². The van der Waals surface area contributed by atoms with Gasteiger partial charge in [-0.2, -0.15) is 0 Å². The van der Waals surface area contributed by atoms with E-state index >= 15 is 0 Å². The number of rotatable bonds is 6. The Morgan fingerprint density at radius 2 is 2.00 bits per heavy atom. The molecule has 0 amide bonds. The first kappa shape index (κ1) is 13.9. The van der Waals surface area contributed by atoms with Gasteiger partial charge in [-0.25, -0.2) is 0 Å². The smallest absolute Gasteiger partial charge is 0.124 e. The zero-order valence-electron chi connectivity index (χ0n) is 10.1. The van der Waals surface area contributed by atoms with Gasteiger partial charge in [-0.05, 0) is 31.5 Å². The Kier molecular flexibility index (Phi) is 5.13. The molecule has 1 aromatic carbocycles. The molecule has 0 saturated carbocycles. The van der Waals surface area contributed by atoms with Gasteiger partial charge in [-0.3, -0.25) is 4.90 Å². The molecule has 0 bridgehead atoms. The van der Waals surface area contributed by atoms with E-state index < -0.39 is 0 Å². The number of ether oxygens (including phenoxy) is 1. The van der Waals surface area contributed by atoms with E-state index in [4.69, 9.17) is 33.0 Å². The molecule has 1 heterocycles. The van der Waals surface area contributed by atoms with Crippen LogP contribution in [-0.2, 0) is 0 Å². The van der Waals surface area contributed by atoms with Crippen molar-refractivity contribution in [2.45, 2.75) is 18.9 Å². The first-order chi connectivity index (χ1) is 8.69. The Hall–Kier alpha value is -0.480. The van der Waals surface area contributed by atoms with Crippen LogP contribution in [0, 0.1) is 0 Å². The molecule has 0 unspecified atom stereocenters. The summed E-state index contributed by atoms with van der Waals surface area (Å²) < 4.78 is 5.79. The topological polar surface area (TPSA) is 32.7 Å². The third kappa shape index (κ3) is 3.75. The van der Waals surface area contributed by atoms with Crippen LogP contribution in [-0.4, -0.2) is 42.4 Å². The molecule has 5 heteroatoms. The van der Waals surface area contributed by atoms with Crippen molar-refractivity contribution in [2.75, 3.05) is 26.2 Å². The van der Waals surface area contributed by atoms with Gasteiger partial charge in [-0.15, -0.1) is 0 Å². The molecule has 0 radical (unpaired) electrons. The number of likely N-dealkylation sites (tertiary alicyclic amines) is 1. The third-order valence-electron chi connectivity index (χ3n) is 3.00. The molecule has 1 aliphatic heterocycles. The minimum Gasteiger partial charge on any atom is -0.488 e. The minimum atomic E-state index is 0.233. The number of nitrogens with zero attached hydrogens (tertiary/aromatic N) is 1. The Labute approximate surface area is 117 Å². The number of hydrogen-bond donors (Lipinski definition) is 1. The molecule has 2 rings (SSSR count). The summed E-state index contributed by atoms with van der Waals surface area (Å²) in [5.74, 6) is 0.768. The summed E-state index contributed by atoms with van der Waals surface area (Å²) >= 11 is 11.8. The van der Waals surface area contributed by atoms with Crippen molar-refractivity contribution in [3.05, 3.63) is 28.2 Å². The zero-order valence-corrected chi connectivity index (χ0v) is 11.6. The van der Waals surface area contributed by atoms with Crippen LogP contribution in [0.1, 0.15) is 12.8 Å². The highest BCUT2D eigenvalue weighted by Gasteiger charge is 2.27. The summed E-state index contributed by atoms with van der Waals surface area (Å²) in [5, 5.41) is 9.76. The second kappa shape index (κ2) is 6.62. The fraction of sp³-hybridized carbons (Fsp3) is 0.538. The SMILES string of the molecule is OCCCCN1CC(Oc2ccc(Cl)c(Cl)c2)C1. The molecular weight excluding hydrogens is 273 g/mol. The Balaban J connectivity index is 1.71. The van der Waals surface area contributed by atoms with E-state index in [1.165, 1.54) is 0 Å². The molecule has 0 aliphatic carbocycles. The number of hydrogen-bond acceptors (Lipinski definition) is 3. The second-order valence-electron chi connectivity index (χ2n) is 4.51. The van der Waals surface area contributed by atoms with E-state index in [-0.39, 0.29) is 12.7 Å².